The minimum Gasteiger partial charge on any atom is -0.377 e. The van der Waals surface area contributed by atoms with E-state index in [0.717, 1.165) is 18.4 Å². The zero-order valence-electron chi connectivity index (χ0n) is 11.5. The summed E-state index contributed by atoms with van der Waals surface area (Å²) in [6.45, 7) is 2.14. The summed E-state index contributed by atoms with van der Waals surface area (Å²) in [5.74, 6) is 0. The molecule has 2 N–H and O–H groups in total. The zero-order valence-corrected chi connectivity index (χ0v) is 13.1. The molecule has 0 amide bonds. The normalized spacial score (nSPS) is 12.9. The molecule has 2 rings (SSSR count). The molecular formula is C14H18N2O2S2. The van der Waals surface area contributed by atoms with E-state index >= 15 is 0 Å². The number of anilines is 2. The SMILES string of the molecule is CCC(Nc1ccc(NS(C)(=O)=O)cc1)c1cccs1. The molecule has 20 heavy (non-hydrogen) atoms. The van der Waals surface area contributed by atoms with Gasteiger partial charge in [-0.3, -0.25) is 4.72 Å². The van der Waals surface area contributed by atoms with Crippen LogP contribution in [0, 0.1) is 0 Å². The van der Waals surface area contributed by atoms with Crippen LogP contribution in [0.2, 0.25) is 0 Å². The zero-order chi connectivity index (χ0) is 14.6. The van der Waals surface area contributed by atoms with E-state index in [1.54, 1.807) is 23.5 Å². The monoisotopic (exact) mass is 310 g/mol. The minimum absolute atomic E-state index is 0.281. The Kier molecular flexibility index (Phi) is 4.67. The Morgan fingerprint density at radius 1 is 1.15 bits per heavy atom. The van der Waals surface area contributed by atoms with Gasteiger partial charge >= 0.3 is 0 Å². The van der Waals surface area contributed by atoms with E-state index in [4.69, 9.17) is 0 Å². The van der Waals surface area contributed by atoms with E-state index in [-0.39, 0.29) is 6.04 Å². The number of sulfonamides is 1. The molecule has 1 aromatic heterocycles. The number of hydrogen-bond acceptors (Lipinski definition) is 4. The van der Waals surface area contributed by atoms with Crippen LogP contribution in [0.5, 0.6) is 0 Å². The molecule has 1 atom stereocenters. The third kappa shape index (κ3) is 4.25. The maximum Gasteiger partial charge on any atom is 0.229 e. The van der Waals surface area contributed by atoms with Crippen molar-refractivity contribution in [2.24, 2.45) is 0 Å². The number of benzene rings is 1. The summed E-state index contributed by atoms with van der Waals surface area (Å²) in [5, 5.41) is 5.52. The van der Waals surface area contributed by atoms with Gasteiger partial charge in [-0.05, 0) is 42.1 Å². The summed E-state index contributed by atoms with van der Waals surface area (Å²) in [6.07, 6.45) is 2.13. The molecule has 0 saturated carbocycles. The Bertz CT molecular complexity index is 634. The lowest BCUT2D eigenvalue weighted by molar-refractivity contribution is 0.607. The molecule has 0 spiro atoms. The van der Waals surface area contributed by atoms with Gasteiger partial charge in [0.15, 0.2) is 0 Å². The summed E-state index contributed by atoms with van der Waals surface area (Å²) < 4.78 is 24.7. The largest absolute Gasteiger partial charge is 0.377 e. The fraction of sp³-hybridized carbons (Fsp3) is 0.286. The maximum atomic E-state index is 11.1. The molecule has 0 fully saturated rings. The topological polar surface area (TPSA) is 58.2 Å². The van der Waals surface area contributed by atoms with Gasteiger partial charge in [-0.1, -0.05) is 13.0 Å². The lowest BCUT2D eigenvalue weighted by atomic mass is 10.1. The van der Waals surface area contributed by atoms with Gasteiger partial charge in [-0.15, -0.1) is 11.3 Å². The standard InChI is InChI=1S/C14H18N2O2S2/c1-3-13(14-5-4-10-19-14)15-11-6-8-12(9-7-11)16-20(2,17)18/h4-10,13,15-16H,3H2,1-2H3. The predicted octanol–water partition coefficient (Wildman–Crippen LogP) is 3.68. The Hall–Kier alpha value is -1.53. The van der Waals surface area contributed by atoms with Crippen molar-refractivity contribution in [1.29, 1.82) is 0 Å². The Balaban J connectivity index is 2.06. The second-order valence-electron chi connectivity index (χ2n) is 4.57. The molecule has 1 heterocycles. The number of nitrogens with one attached hydrogen (secondary N) is 2. The molecule has 6 heteroatoms. The highest BCUT2D eigenvalue weighted by Gasteiger charge is 2.10. The van der Waals surface area contributed by atoms with Crippen LogP contribution in [0.4, 0.5) is 11.4 Å². The van der Waals surface area contributed by atoms with Crippen LogP contribution >= 0.6 is 11.3 Å². The van der Waals surface area contributed by atoms with Gasteiger partial charge in [0.2, 0.25) is 10.0 Å². The second-order valence-corrected chi connectivity index (χ2v) is 7.30. The molecular weight excluding hydrogens is 292 g/mol. The average molecular weight is 310 g/mol. The molecule has 108 valence electrons. The molecule has 0 bridgehead atoms. The predicted molar refractivity (Wildman–Crippen MR) is 85.9 cm³/mol. The van der Waals surface area contributed by atoms with E-state index in [1.807, 2.05) is 18.2 Å². The van der Waals surface area contributed by atoms with Gasteiger partial charge in [0, 0.05) is 16.3 Å². The van der Waals surface area contributed by atoms with Crippen molar-refractivity contribution in [3.05, 3.63) is 46.7 Å². The van der Waals surface area contributed by atoms with Gasteiger partial charge in [-0.25, -0.2) is 8.42 Å². The third-order valence-corrected chi connectivity index (χ3v) is 4.42. The fourth-order valence-electron chi connectivity index (χ4n) is 1.91. The van der Waals surface area contributed by atoms with Crippen LogP contribution in [-0.4, -0.2) is 14.7 Å². The van der Waals surface area contributed by atoms with Crippen LogP contribution in [0.3, 0.4) is 0 Å². The highest BCUT2D eigenvalue weighted by Crippen LogP contribution is 2.26. The van der Waals surface area contributed by atoms with E-state index in [2.05, 4.69) is 28.4 Å². The first-order chi connectivity index (χ1) is 9.48. The summed E-state index contributed by atoms with van der Waals surface area (Å²) in [5.41, 5.74) is 1.55. The smallest absolute Gasteiger partial charge is 0.229 e. The van der Waals surface area contributed by atoms with Crippen LogP contribution in [-0.2, 0) is 10.0 Å². The van der Waals surface area contributed by atoms with E-state index in [1.165, 1.54) is 4.88 Å². The molecule has 2 aromatic rings. The molecule has 0 aliphatic rings. The minimum atomic E-state index is -3.22. The lowest BCUT2D eigenvalue weighted by Gasteiger charge is -2.17. The first-order valence-corrected chi connectivity index (χ1v) is 9.13. The van der Waals surface area contributed by atoms with Crippen LogP contribution in [0.15, 0.2) is 41.8 Å². The summed E-state index contributed by atoms with van der Waals surface area (Å²) in [4.78, 5) is 1.30. The van der Waals surface area contributed by atoms with Crippen LogP contribution in [0.1, 0.15) is 24.3 Å². The van der Waals surface area contributed by atoms with Crippen molar-refractivity contribution in [2.45, 2.75) is 19.4 Å². The van der Waals surface area contributed by atoms with Crippen molar-refractivity contribution in [3.8, 4) is 0 Å². The van der Waals surface area contributed by atoms with Gasteiger partial charge in [0.1, 0.15) is 0 Å². The maximum absolute atomic E-state index is 11.1. The lowest BCUT2D eigenvalue weighted by Crippen LogP contribution is -2.10. The first-order valence-electron chi connectivity index (χ1n) is 6.35. The van der Waals surface area contributed by atoms with Crippen molar-refractivity contribution >= 4 is 32.7 Å². The quantitative estimate of drug-likeness (QED) is 0.855. The molecule has 0 aliphatic carbocycles. The second kappa shape index (κ2) is 6.28. The number of rotatable bonds is 6. The van der Waals surface area contributed by atoms with Crippen molar-refractivity contribution in [2.75, 3.05) is 16.3 Å². The molecule has 0 saturated heterocycles. The van der Waals surface area contributed by atoms with Gasteiger partial charge in [-0.2, -0.15) is 0 Å². The summed E-state index contributed by atoms with van der Waals surface area (Å²) in [7, 11) is -3.22. The first kappa shape index (κ1) is 14.9. The van der Waals surface area contributed by atoms with Gasteiger partial charge in [0.25, 0.3) is 0 Å². The molecule has 1 aromatic carbocycles. The molecule has 4 nitrogen and oxygen atoms in total. The van der Waals surface area contributed by atoms with Crippen LogP contribution in [0.25, 0.3) is 0 Å². The van der Waals surface area contributed by atoms with E-state index < -0.39 is 10.0 Å². The summed E-state index contributed by atoms with van der Waals surface area (Å²) >= 11 is 1.73. The van der Waals surface area contributed by atoms with Crippen LogP contribution < -0.4 is 10.0 Å². The van der Waals surface area contributed by atoms with E-state index in [0.29, 0.717) is 5.69 Å². The van der Waals surface area contributed by atoms with E-state index in [9.17, 15) is 8.42 Å². The fourth-order valence-corrected chi connectivity index (χ4v) is 3.34. The Morgan fingerprint density at radius 3 is 2.30 bits per heavy atom. The van der Waals surface area contributed by atoms with Gasteiger partial charge < -0.3 is 5.32 Å². The molecule has 0 aliphatic heterocycles. The summed E-state index contributed by atoms with van der Waals surface area (Å²) in [6, 6.07) is 11.7. The Morgan fingerprint density at radius 2 is 1.80 bits per heavy atom. The van der Waals surface area contributed by atoms with Crippen molar-refractivity contribution in [3.63, 3.8) is 0 Å². The van der Waals surface area contributed by atoms with Crippen molar-refractivity contribution in [1.82, 2.24) is 0 Å². The van der Waals surface area contributed by atoms with Crippen molar-refractivity contribution < 1.29 is 8.42 Å². The highest BCUT2D eigenvalue weighted by molar-refractivity contribution is 7.92. The number of thiophene rings is 1. The Labute approximate surface area is 123 Å². The molecule has 0 radical (unpaired) electrons. The average Bonchev–Trinajstić information content (AvgIpc) is 2.90. The highest BCUT2D eigenvalue weighted by atomic mass is 32.2. The number of hydrogen-bond donors (Lipinski definition) is 2. The third-order valence-electron chi connectivity index (χ3n) is 2.82. The van der Waals surface area contributed by atoms with Gasteiger partial charge in [0.05, 0.1) is 12.3 Å². The molecule has 1 unspecified atom stereocenters.